The summed E-state index contributed by atoms with van der Waals surface area (Å²) in [6.45, 7) is 5.74. The van der Waals surface area contributed by atoms with E-state index in [4.69, 9.17) is 0 Å². The van der Waals surface area contributed by atoms with Crippen molar-refractivity contribution in [2.24, 2.45) is 7.05 Å². The van der Waals surface area contributed by atoms with Gasteiger partial charge >= 0.3 is 0 Å². The Morgan fingerprint density at radius 3 is 2.59 bits per heavy atom. The van der Waals surface area contributed by atoms with Gasteiger partial charge in [-0.15, -0.1) is 0 Å². The third kappa shape index (κ3) is 3.80. The van der Waals surface area contributed by atoms with Crippen molar-refractivity contribution in [3.05, 3.63) is 53.8 Å². The molecule has 1 atom stereocenters. The lowest BCUT2D eigenvalue weighted by atomic mass is 10.1. The fraction of sp³-hybridized carbons (Fsp3) is 0.421. The van der Waals surface area contributed by atoms with Crippen molar-refractivity contribution in [1.29, 1.82) is 0 Å². The van der Waals surface area contributed by atoms with Crippen molar-refractivity contribution >= 4 is 11.8 Å². The van der Waals surface area contributed by atoms with Crippen molar-refractivity contribution < 1.29 is 0 Å². The van der Waals surface area contributed by atoms with Gasteiger partial charge in [0.05, 0.1) is 12.6 Å². The Hall–Kier alpha value is -2.87. The molecular weight excluding hydrogens is 340 g/mol. The van der Waals surface area contributed by atoms with Gasteiger partial charge in [0.25, 0.3) is 0 Å². The molecule has 0 radical (unpaired) electrons. The zero-order valence-electron chi connectivity index (χ0n) is 15.9. The summed E-state index contributed by atoms with van der Waals surface area (Å²) in [7, 11) is 2.03. The number of rotatable bonds is 5. The molecule has 0 aromatic carbocycles. The Morgan fingerprint density at radius 1 is 1.07 bits per heavy atom. The highest BCUT2D eigenvalue weighted by molar-refractivity contribution is 5.52. The maximum atomic E-state index is 4.65. The van der Waals surface area contributed by atoms with E-state index < -0.39 is 0 Å². The number of hydrogen-bond donors (Lipinski definition) is 1. The fourth-order valence-corrected chi connectivity index (χ4v) is 3.63. The van der Waals surface area contributed by atoms with Crippen LogP contribution >= 0.6 is 0 Å². The molecule has 0 unspecified atom stereocenters. The largest absolute Gasteiger partial charge is 0.337 e. The fourth-order valence-electron chi connectivity index (χ4n) is 3.63. The highest BCUT2D eigenvalue weighted by atomic mass is 15.2. The zero-order valence-corrected chi connectivity index (χ0v) is 15.9. The molecule has 1 saturated heterocycles. The molecular formula is C19H24N8. The molecule has 1 aliphatic rings. The van der Waals surface area contributed by atoms with E-state index in [-0.39, 0.29) is 6.04 Å². The summed E-state index contributed by atoms with van der Waals surface area (Å²) in [6, 6.07) is 2.15. The summed E-state index contributed by atoms with van der Waals surface area (Å²) in [6.07, 6.45) is 9.45. The van der Waals surface area contributed by atoms with Gasteiger partial charge < -0.3 is 9.88 Å². The summed E-state index contributed by atoms with van der Waals surface area (Å²) in [5, 5.41) is 3.28. The van der Waals surface area contributed by atoms with Crippen LogP contribution in [0, 0.1) is 13.8 Å². The predicted molar refractivity (Wildman–Crippen MR) is 102 cm³/mol. The first-order chi connectivity index (χ1) is 13.1. The van der Waals surface area contributed by atoms with E-state index in [9.17, 15) is 0 Å². The Labute approximate surface area is 158 Å². The Bertz CT molecular complexity index is 915. The smallest absolute Gasteiger partial charge is 0.228 e. The van der Waals surface area contributed by atoms with Gasteiger partial charge in [0.15, 0.2) is 5.82 Å². The molecule has 27 heavy (non-hydrogen) atoms. The molecule has 0 saturated carbocycles. The minimum absolute atomic E-state index is 0.198. The Balaban J connectivity index is 1.60. The first-order valence-corrected chi connectivity index (χ1v) is 9.20. The van der Waals surface area contributed by atoms with Gasteiger partial charge in [-0.3, -0.25) is 9.88 Å². The number of nitrogens with zero attached hydrogens (tertiary/aromatic N) is 7. The van der Waals surface area contributed by atoms with E-state index in [0.717, 1.165) is 54.7 Å². The molecule has 3 aromatic rings. The average Bonchev–Trinajstić information content (AvgIpc) is 3.24. The van der Waals surface area contributed by atoms with E-state index in [1.165, 1.54) is 0 Å². The molecule has 8 nitrogen and oxygen atoms in total. The molecule has 8 heteroatoms. The van der Waals surface area contributed by atoms with E-state index >= 15 is 0 Å². The van der Waals surface area contributed by atoms with Crippen LogP contribution in [0.5, 0.6) is 0 Å². The highest BCUT2D eigenvalue weighted by Gasteiger charge is 2.30. The molecule has 3 aromatic heterocycles. The second-order valence-corrected chi connectivity index (χ2v) is 6.97. The first-order valence-electron chi connectivity index (χ1n) is 9.20. The molecule has 1 N–H and O–H groups in total. The van der Waals surface area contributed by atoms with Gasteiger partial charge in [0, 0.05) is 43.2 Å². The highest BCUT2D eigenvalue weighted by Crippen LogP contribution is 2.35. The minimum Gasteiger partial charge on any atom is -0.337 e. The number of hydrogen-bond acceptors (Lipinski definition) is 7. The zero-order chi connectivity index (χ0) is 18.8. The lowest BCUT2D eigenvalue weighted by molar-refractivity contribution is 0.236. The molecule has 4 heterocycles. The molecule has 0 amide bonds. The summed E-state index contributed by atoms with van der Waals surface area (Å²) < 4.78 is 2.06. The van der Waals surface area contributed by atoms with Gasteiger partial charge in [-0.25, -0.2) is 19.9 Å². The molecule has 140 valence electrons. The van der Waals surface area contributed by atoms with Crippen LogP contribution in [0.1, 0.15) is 41.8 Å². The third-order valence-corrected chi connectivity index (χ3v) is 4.88. The van der Waals surface area contributed by atoms with Crippen molar-refractivity contribution in [2.45, 2.75) is 39.3 Å². The standard InChI is InChI=1S/C19H24N8/c1-13-11-14(2)24-19(23-13)25-18-17(21-6-7-22-18)15-5-4-9-27(15)12-16-20-8-10-26(16)3/h6-8,10-11,15H,4-5,9,12H2,1-3H3,(H,22,23,24,25)/t15-/m1/s1. The SMILES string of the molecule is Cc1cc(C)nc(Nc2nccnc2[C@H]2CCCN2Cc2nccn2C)n1. The molecule has 1 fully saturated rings. The van der Waals surface area contributed by atoms with Crippen LogP contribution in [0.4, 0.5) is 11.8 Å². The van der Waals surface area contributed by atoms with E-state index in [2.05, 4.69) is 39.7 Å². The third-order valence-electron chi connectivity index (χ3n) is 4.88. The maximum absolute atomic E-state index is 4.65. The van der Waals surface area contributed by atoms with Crippen molar-refractivity contribution in [3.8, 4) is 0 Å². The van der Waals surface area contributed by atoms with Crippen LogP contribution in [0.3, 0.4) is 0 Å². The molecule has 0 aliphatic carbocycles. The molecule has 4 rings (SSSR count). The first kappa shape index (κ1) is 17.5. The molecule has 0 spiro atoms. The van der Waals surface area contributed by atoms with Gasteiger partial charge in [0.2, 0.25) is 5.95 Å². The van der Waals surface area contributed by atoms with Crippen LogP contribution < -0.4 is 5.32 Å². The number of imidazole rings is 1. The second-order valence-electron chi connectivity index (χ2n) is 6.97. The van der Waals surface area contributed by atoms with Crippen LogP contribution in [0.15, 0.2) is 30.9 Å². The predicted octanol–water partition coefficient (Wildman–Crippen LogP) is 2.70. The normalized spacial score (nSPS) is 17.4. The molecule has 1 aliphatic heterocycles. The van der Waals surface area contributed by atoms with Crippen molar-refractivity contribution in [3.63, 3.8) is 0 Å². The van der Waals surface area contributed by atoms with E-state index in [1.807, 2.05) is 39.4 Å². The van der Waals surface area contributed by atoms with E-state index in [1.54, 1.807) is 12.4 Å². The van der Waals surface area contributed by atoms with Crippen LogP contribution in [0.2, 0.25) is 0 Å². The van der Waals surface area contributed by atoms with Gasteiger partial charge in [-0.1, -0.05) is 0 Å². The number of likely N-dealkylation sites (tertiary alicyclic amines) is 1. The van der Waals surface area contributed by atoms with Crippen LogP contribution in [0.25, 0.3) is 0 Å². The van der Waals surface area contributed by atoms with Gasteiger partial charge in [0.1, 0.15) is 11.5 Å². The minimum atomic E-state index is 0.198. The topological polar surface area (TPSA) is 84.7 Å². The van der Waals surface area contributed by atoms with Crippen LogP contribution in [-0.2, 0) is 13.6 Å². The lowest BCUT2D eigenvalue weighted by Crippen LogP contribution is -2.26. The average molecular weight is 364 g/mol. The van der Waals surface area contributed by atoms with E-state index in [0.29, 0.717) is 5.95 Å². The summed E-state index contributed by atoms with van der Waals surface area (Å²) in [4.78, 5) is 25.0. The monoisotopic (exact) mass is 364 g/mol. The quantitative estimate of drug-likeness (QED) is 0.745. The number of aryl methyl sites for hydroxylation is 3. The van der Waals surface area contributed by atoms with Gasteiger partial charge in [-0.2, -0.15) is 0 Å². The van der Waals surface area contributed by atoms with Crippen molar-refractivity contribution in [2.75, 3.05) is 11.9 Å². The van der Waals surface area contributed by atoms with Gasteiger partial charge in [-0.05, 0) is 39.3 Å². The lowest BCUT2D eigenvalue weighted by Gasteiger charge is -2.24. The summed E-state index contributed by atoms with van der Waals surface area (Å²) in [5.41, 5.74) is 2.78. The summed E-state index contributed by atoms with van der Waals surface area (Å²) in [5.74, 6) is 2.33. The number of aromatic nitrogens is 6. The number of anilines is 2. The van der Waals surface area contributed by atoms with Crippen LogP contribution in [-0.4, -0.2) is 40.9 Å². The second kappa shape index (κ2) is 7.40. The number of nitrogens with one attached hydrogen (secondary N) is 1. The van der Waals surface area contributed by atoms with Crippen molar-refractivity contribution in [1.82, 2.24) is 34.4 Å². The maximum Gasteiger partial charge on any atom is 0.228 e. The Kier molecular flexibility index (Phi) is 4.81. The molecule has 0 bridgehead atoms. The Morgan fingerprint density at radius 2 is 1.85 bits per heavy atom. The summed E-state index contributed by atoms with van der Waals surface area (Å²) >= 11 is 0.